The van der Waals surface area contributed by atoms with Crippen molar-refractivity contribution < 1.29 is 9.90 Å². The van der Waals surface area contributed by atoms with Crippen molar-refractivity contribution in [2.75, 3.05) is 5.32 Å². The van der Waals surface area contributed by atoms with Gasteiger partial charge in [-0.25, -0.2) is 9.78 Å². The summed E-state index contributed by atoms with van der Waals surface area (Å²) in [7, 11) is 0. The molecule has 1 aromatic carbocycles. The molecule has 0 spiro atoms. The number of halogens is 3. The maximum atomic E-state index is 10.9. The van der Waals surface area contributed by atoms with Gasteiger partial charge < -0.3 is 10.4 Å². The van der Waals surface area contributed by atoms with Crippen LogP contribution < -0.4 is 5.32 Å². The first kappa shape index (κ1) is 14.4. The van der Waals surface area contributed by atoms with Gasteiger partial charge in [0, 0.05) is 3.57 Å². The van der Waals surface area contributed by atoms with Gasteiger partial charge >= 0.3 is 5.97 Å². The molecule has 0 aliphatic heterocycles. The lowest BCUT2D eigenvalue weighted by atomic mass is 10.2. The second kappa shape index (κ2) is 5.94. The highest BCUT2D eigenvalue weighted by Gasteiger charge is 2.09. The SMILES string of the molecule is O=C(O)c1cc(Cl)nc(Nc2ccc(I)cc2Cl)c1. The van der Waals surface area contributed by atoms with Gasteiger partial charge in [-0.2, -0.15) is 0 Å². The van der Waals surface area contributed by atoms with Crippen molar-refractivity contribution in [3.8, 4) is 0 Å². The van der Waals surface area contributed by atoms with Gasteiger partial charge in [-0.1, -0.05) is 23.2 Å². The zero-order valence-corrected chi connectivity index (χ0v) is 13.0. The Balaban J connectivity index is 2.35. The standard InChI is InChI=1S/C12H7Cl2IN2O2/c13-8-5-7(15)1-2-9(8)16-11-4-6(12(18)19)3-10(14)17-11/h1-5H,(H,16,17)(H,18,19). The summed E-state index contributed by atoms with van der Waals surface area (Å²) >= 11 is 14.0. The van der Waals surface area contributed by atoms with Crippen LogP contribution in [0.4, 0.5) is 11.5 Å². The van der Waals surface area contributed by atoms with E-state index < -0.39 is 5.97 Å². The van der Waals surface area contributed by atoms with Crippen molar-refractivity contribution in [3.05, 3.63) is 49.6 Å². The molecule has 98 valence electrons. The normalized spacial score (nSPS) is 10.3. The van der Waals surface area contributed by atoms with Gasteiger partial charge in [0.25, 0.3) is 0 Å². The number of anilines is 2. The van der Waals surface area contributed by atoms with E-state index in [1.807, 2.05) is 6.07 Å². The molecule has 0 aliphatic carbocycles. The number of carboxylic acid groups (broad SMARTS) is 1. The summed E-state index contributed by atoms with van der Waals surface area (Å²) in [5, 5.41) is 12.5. The van der Waals surface area contributed by atoms with Gasteiger partial charge in [-0.05, 0) is 52.9 Å². The van der Waals surface area contributed by atoms with Crippen LogP contribution in [0.2, 0.25) is 10.2 Å². The Kier molecular flexibility index (Phi) is 4.49. The van der Waals surface area contributed by atoms with Gasteiger partial charge in [-0.15, -0.1) is 0 Å². The first-order chi connectivity index (χ1) is 8.95. The second-order valence-electron chi connectivity index (χ2n) is 3.62. The van der Waals surface area contributed by atoms with Gasteiger partial charge in [0.2, 0.25) is 0 Å². The third-order valence-electron chi connectivity index (χ3n) is 2.23. The molecule has 0 amide bonds. The van der Waals surface area contributed by atoms with E-state index in [0.717, 1.165) is 3.57 Å². The number of pyridine rings is 1. The summed E-state index contributed by atoms with van der Waals surface area (Å²) in [6.45, 7) is 0. The third-order valence-corrected chi connectivity index (χ3v) is 3.41. The number of hydrogen-bond donors (Lipinski definition) is 2. The van der Waals surface area contributed by atoms with Crippen LogP contribution in [0.1, 0.15) is 10.4 Å². The van der Waals surface area contributed by atoms with E-state index in [4.69, 9.17) is 28.3 Å². The van der Waals surface area contributed by atoms with Crippen LogP contribution in [-0.2, 0) is 0 Å². The van der Waals surface area contributed by atoms with Crippen molar-refractivity contribution in [2.24, 2.45) is 0 Å². The molecule has 0 bridgehead atoms. The topological polar surface area (TPSA) is 62.2 Å². The Labute approximate surface area is 132 Å². The zero-order chi connectivity index (χ0) is 14.0. The van der Waals surface area contributed by atoms with Crippen molar-refractivity contribution in [1.82, 2.24) is 4.98 Å². The molecule has 0 atom stereocenters. The number of nitrogens with zero attached hydrogens (tertiary/aromatic N) is 1. The summed E-state index contributed by atoms with van der Waals surface area (Å²) in [6.07, 6.45) is 0. The average Bonchev–Trinajstić information content (AvgIpc) is 2.32. The summed E-state index contributed by atoms with van der Waals surface area (Å²) < 4.78 is 0.999. The van der Waals surface area contributed by atoms with Crippen LogP contribution in [0.3, 0.4) is 0 Å². The van der Waals surface area contributed by atoms with Crippen LogP contribution in [0.15, 0.2) is 30.3 Å². The number of carbonyl (C=O) groups is 1. The molecule has 7 heteroatoms. The first-order valence-electron chi connectivity index (χ1n) is 5.08. The van der Waals surface area contributed by atoms with Gasteiger partial charge in [0.1, 0.15) is 11.0 Å². The molecule has 0 radical (unpaired) electrons. The molecule has 1 aromatic heterocycles. The lowest BCUT2D eigenvalue weighted by molar-refractivity contribution is 0.0697. The van der Waals surface area contributed by atoms with E-state index in [1.165, 1.54) is 12.1 Å². The molecular formula is C12H7Cl2IN2O2. The molecule has 2 rings (SSSR count). The van der Waals surface area contributed by atoms with E-state index in [0.29, 0.717) is 16.5 Å². The smallest absolute Gasteiger partial charge is 0.335 e. The molecular weight excluding hydrogens is 402 g/mol. The minimum absolute atomic E-state index is 0.0594. The number of aromatic nitrogens is 1. The fourth-order valence-corrected chi connectivity index (χ4v) is 2.52. The maximum Gasteiger partial charge on any atom is 0.335 e. The lowest BCUT2D eigenvalue weighted by Gasteiger charge is -2.09. The number of benzene rings is 1. The number of aromatic carboxylic acids is 1. The molecule has 4 nitrogen and oxygen atoms in total. The largest absolute Gasteiger partial charge is 0.478 e. The summed E-state index contributed by atoms with van der Waals surface area (Å²) in [5.74, 6) is -0.742. The maximum absolute atomic E-state index is 10.9. The molecule has 2 aromatic rings. The number of hydrogen-bond acceptors (Lipinski definition) is 3. The van der Waals surface area contributed by atoms with Crippen LogP contribution in [0.5, 0.6) is 0 Å². The van der Waals surface area contributed by atoms with Gasteiger partial charge in [0.05, 0.1) is 16.3 Å². The fourth-order valence-electron chi connectivity index (χ4n) is 1.41. The van der Waals surface area contributed by atoms with Crippen molar-refractivity contribution >= 4 is 63.3 Å². The molecule has 0 unspecified atom stereocenters. The predicted octanol–water partition coefficient (Wildman–Crippen LogP) is 4.43. The highest BCUT2D eigenvalue weighted by Crippen LogP contribution is 2.27. The Morgan fingerprint density at radius 2 is 2.00 bits per heavy atom. The van der Waals surface area contributed by atoms with Crippen LogP contribution in [0.25, 0.3) is 0 Å². The first-order valence-corrected chi connectivity index (χ1v) is 6.92. The predicted molar refractivity (Wildman–Crippen MR) is 83.7 cm³/mol. The number of rotatable bonds is 3. The zero-order valence-electron chi connectivity index (χ0n) is 9.32. The minimum atomic E-state index is -1.07. The highest BCUT2D eigenvalue weighted by atomic mass is 127. The molecule has 0 saturated heterocycles. The molecule has 19 heavy (non-hydrogen) atoms. The van der Waals surface area contributed by atoms with Crippen LogP contribution in [-0.4, -0.2) is 16.1 Å². The Bertz CT molecular complexity index is 650. The minimum Gasteiger partial charge on any atom is -0.478 e. The number of carboxylic acids is 1. The van der Waals surface area contributed by atoms with E-state index in [2.05, 4.69) is 32.9 Å². The average molecular weight is 409 g/mol. The van der Waals surface area contributed by atoms with Crippen molar-refractivity contribution in [2.45, 2.75) is 0 Å². The summed E-state index contributed by atoms with van der Waals surface area (Å²) in [5.41, 5.74) is 0.692. The monoisotopic (exact) mass is 408 g/mol. The Morgan fingerprint density at radius 1 is 1.26 bits per heavy atom. The molecule has 0 aliphatic rings. The Morgan fingerprint density at radius 3 is 2.63 bits per heavy atom. The quantitative estimate of drug-likeness (QED) is 0.582. The van der Waals surface area contributed by atoms with E-state index in [-0.39, 0.29) is 10.7 Å². The van der Waals surface area contributed by atoms with Gasteiger partial charge in [0.15, 0.2) is 0 Å². The third kappa shape index (κ3) is 3.71. The summed E-state index contributed by atoms with van der Waals surface area (Å²) in [6, 6.07) is 8.12. The molecule has 0 saturated carbocycles. The van der Waals surface area contributed by atoms with Crippen LogP contribution in [0, 0.1) is 3.57 Å². The molecule has 2 N–H and O–H groups in total. The van der Waals surface area contributed by atoms with Crippen molar-refractivity contribution in [3.63, 3.8) is 0 Å². The molecule has 1 heterocycles. The highest BCUT2D eigenvalue weighted by molar-refractivity contribution is 14.1. The van der Waals surface area contributed by atoms with E-state index in [9.17, 15) is 4.79 Å². The number of nitrogens with one attached hydrogen (secondary N) is 1. The van der Waals surface area contributed by atoms with Crippen LogP contribution >= 0.6 is 45.8 Å². The second-order valence-corrected chi connectivity index (χ2v) is 5.66. The lowest BCUT2D eigenvalue weighted by Crippen LogP contribution is -2.01. The van der Waals surface area contributed by atoms with Gasteiger partial charge in [-0.3, -0.25) is 0 Å². The van der Waals surface area contributed by atoms with E-state index >= 15 is 0 Å². The van der Waals surface area contributed by atoms with Crippen molar-refractivity contribution in [1.29, 1.82) is 0 Å². The Hall–Kier alpha value is -1.05. The molecule has 0 fully saturated rings. The van der Waals surface area contributed by atoms with E-state index in [1.54, 1.807) is 12.1 Å². The summed E-state index contributed by atoms with van der Waals surface area (Å²) in [4.78, 5) is 14.9. The fraction of sp³-hybridized carbons (Fsp3) is 0.